The number of rotatable bonds is 5. The van der Waals surface area contributed by atoms with E-state index in [0.29, 0.717) is 18.8 Å². The minimum absolute atomic E-state index is 0.0939. The summed E-state index contributed by atoms with van der Waals surface area (Å²) in [6.45, 7) is 4.55. The Kier molecular flexibility index (Phi) is 4.61. The van der Waals surface area contributed by atoms with Gasteiger partial charge in [0.25, 0.3) is 9.05 Å². The molecule has 0 spiro atoms. The first-order valence-corrected chi connectivity index (χ1v) is 7.62. The first kappa shape index (κ1) is 14.1. The van der Waals surface area contributed by atoms with Gasteiger partial charge in [0.1, 0.15) is 5.82 Å². The minimum atomic E-state index is -3.77. The number of imidazole rings is 1. The Morgan fingerprint density at radius 2 is 2.24 bits per heavy atom. The van der Waals surface area contributed by atoms with E-state index in [1.807, 2.05) is 13.8 Å². The third-order valence-electron chi connectivity index (χ3n) is 2.27. The van der Waals surface area contributed by atoms with Crippen LogP contribution in [0.25, 0.3) is 0 Å². The van der Waals surface area contributed by atoms with E-state index in [4.69, 9.17) is 17.1 Å². The van der Waals surface area contributed by atoms with Gasteiger partial charge in [0.15, 0.2) is 5.03 Å². The molecule has 1 aromatic rings. The molecule has 1 rings (SSSR count). The Hall–Kier alpha value is -0.990. The molecule has 1 heterocycles. The van der Waals surface area contributed by atoms with Crippen LogP contribution in [0, 0.1) is 12.3 Å². The number of halogens is 1. The minimum Gasteiger partial charge on any atom is -0.333 e. The molecular weight excluding hydrogens is 260 g/mol. The van der Waals surface area contributed by atoms with Gasteiger partial charge in [-0.25, -0.2) is 13.4 Å². The summed E-state index contributed by atoms with van der Waals surface area (Å²) in [5.41, 5.74) is 0. The standard InChI is InChI=1S/C11H15ClN2O2S/c1-4-5-6-7-14-8-10(17(12,15)16)13-11(14)9(2)3/h1,8-9H,5-7H2,2-3H3. The van der Waals surface area contributed by atoms with Crippen LogP contribution in [0.4, 0.5) is 0 Å². The van der Waals surface area contributed by atoms with Gasteiger partial charge in [-0.15, -0.1) is 12.3 Å². The summed E-state index contributed by atoms with van der Waals surface area (Å²) in [6, 6.07) is 0. The smallest absolute Gasteiger partial charge is 0.280 e. The summed E-state index contributed by atoms with van der Waals surface area (Å²) >= 11 is 0. The van der Waals surface area contributed by atoms with Crippen LogP contribution in [0.15, 0.2) is 11.2 Å². The summed E-state index contributed by atoms with van der Waals surface area (Å²) in [6.07, 6.45) is 8.08. The molecule has 0 aliphatic heterocycles. The molecule has 0 saturated carbocycles. The fraction of sp³-hybridized carbons (Fsp3) is 0.545. The van der Waals surface area contributed by atoms with E-state index in [9.17, 15) is 8.42 Å². The number of aromatic nitrogens is 2. The second-order valence-corrected chi connectivity index (χ2v) is 6.54. The Morgan fingerprint density at radius 1 is 1.59 bits per heavy atom. The number of terminal acetylenes is 1. The number of nitrogens with zero attached hydrogens (tertiary/aromatic N) is 2. The van der Waals surface area contributed by atoms with E-state index in [1.165, 1.54) is 6.20 Å². The molecule has 0 unspecified atom stereocenters. The second kappa shape index (κ2) is 5.56. The predicted octanol–water partition coefficient (Wildman–Crippen LogP) is 2.35. The quantitative estimate of drug-likeness (QED) is 0.470. The SMILES string of the molecule is C#CCCCn1cc(S(=O)(=O)Cl)nc1C(C)C. The van der Waals surface area contributed by atoms with Crippen molar-refractivity contribution < 1.29 is 8.42 Å². The first-order valence-electron chi connectivity index (χ1n) is 5.31. The molecule has 0 amide bonds. The normalized spacial score (nSPS) is 11.7. The maximum Gasteiger partial charge on any atom is 0.280 e. The molecule has 6 heteroatoms. The van der Waals surface area contributed by atoms with Crippen LogP contribution >= 0.6 is 10.7 Å². The van der Waals surface area contributed by atoms with Crippen LogP contribution in [-0.2, 0) is 15.6 Å². The zero-order valence-electron chi connectivity index (χ0n) is 9.85. The van der Waals surface area contributed by atoms with Crippen molar-refractivity contribution in [3.8, 4) is 12.3 Å². The van der Waals surface area contributed by atoms with Crippen LogP contribution in [0.3, 0.4) is 0 Å². The topological polar surface area (TPSA) is 52.0 Å². The van der Waals surface area contributed by atoms with Gasteiger partial charge in [-0.1, -0.05) is 13.8 Å². The number of hydrogen-bond donors (Lipinski definition) is 0. The molecule has 17 heavy (non-hydrogen) atoms. The van der Waals surface area contributed by atoms with Crippen molar-refractivity contribution in [2.24, 2.45) is 0 Å². The predicted molar refractivity (Wildman–Crippen MR) is 67.4 cm³/mol. The maximum absolute atomic E-state index is 11.2. The van der Waals surface area contributed by atoms with Crippen molar-refractivity contribution in [3.05, 3.63) is 12.0 Å². The highest BCUT2D eigenvalue weighted by Gasteiger charge is 2.19. The molecule has 4 nitrogen and oxygen atoms in total. The lowest BCUT2D eigenvalue weighted by Gasteiger charge is -2.08. The van der Waals surface area contributed by atoms with Crippen LogP contribution in [0.5, 0.6) is 0 Å². The van der Waals surface area contributed by atoms with E-state index < -0.39 is 9.05 Å². The average molecular weight is 275 g/mol. The lowest BCUT2D eigenvalue weighted by Crippen LogP contribution is -2.04. The van der Waals surface area contributed by atoms with E-state index in [-0.39, 0.29) is 10.9 Å². The lowest BCUT2D eigenvalue weighted by molar-refractivity contribution is 0.596. The van der Waals surface area contributed by atoms with Gasteiger partial charge in [0, 0.05) is 35.8 Å². The van der Waals surface area contributed by atoms with Gasteiger partial charge >= 0.3 is 0 Å². The highest BCUT2D eigenvalue weighted by atomic mass is 35.7. The van der Waals surface area contributed by atoms with E-state index in [1.54, 1.807) is 4.57 Å². The third-order valence-corrected chi connectivity index (χ3v) is 3.44. The van der Waals surface area contributed by atoms with E-state index in [0.717, 1.165) is 6.42 Å². The van der Waals surface area contributed by atoms with Crippen molar-refractivity contribution in [2.75, 3.05) is 0 Å². The zero-order valence-corrected chi connectivity index (χ0v) is 11.4. The Labute approximate surface area is 106 Å². The van der Waals surface area contributed by atoms with Gasteiger partial charge in [-0.2, -0.15) is 0 Å². The van der Waals surface area contributed by atoms with Gasteiger partial charge < -0.3 is 4.57 Å². The number of hydrogen-bond acceptors (Lipinski definition) is 3. The summed E-state index contributed by atoms with van der Waals surface area (Å²) in [5, 5.41) is -0.0939. The van der Waals surface area contributed by atoms with Crippen molar-refractivity contribution in [1.82, 2.24) is 9.55 Å². The van der Waals surface area contributed by atoms with Crippen LogP contribution < -0.4 is 0 Å². The Bertz CT molecular complexity index is 526. The van der Waals surface area contributed by atoms with Crippen LogP contribution in [0.2, 0.25) is 0 Å². The van der Waals surface area contributed by atoms with E-state index >= 15 is 0 Å². The third kappa shape index (κ3) is 3.76. The average Bonchev–Trinajstić information content (AvgIpc) is 2.61. The Balaban J connectivity index is 3.03. The van der Waals surface area contributed by atoms with Crippen LogP contribution in [-0.4, -0.2) is 18.0 Å². The molecule has 0 saturated heterocycles. The Morgan fingerprint density at radius 3 is 2.71 bits per heavy atom. The lowest BCUT2D eigenvalue weighted by atomic mass is 10.2. The molecule has 0 N–H and O–H groups in total. The van der Waals surface area contributed by atoms with Gasteiger partial charge in [0.05, 0.1) is 0 Å². The van der Waals surface area contributed by atoms with Gasteiger partial charge in [-0.05, 0) is 6.42 Å². The second-order valence-electron chi connectivity index (χ2n) is 4.03. The number of unbranched alkanes of at least 4 members (excludes halogenated alkanes) is 1. The fourth-order valence-corrected chi connectivity index (χ4v) is 2.19. The fourth-order valence-electron chi connectivity index (χ4n) is 1.51. The zero-order chi connectivity index (χ0) is 13.1. The van der Waals surface area contributed by atoms with Crippen molar-refractivity contribution in [2.45, 2.75) is 44.2 Å². The maximum atomic E-state index is 11.2. The summed E-state index contributed by atoms with van der Waals surface area (Å²) in [5.74, 6) is 3.39. The van der Waals surface area contributed by atoms with Crippen molar-refractivity contribution >= 4 is 19.7 Å². The summed E-state index contributed by atoms with van der Waals surface area (Å²) < 4.78 is 24.2. The van der Waals surface area contributed by atoms with Crippen molar-refractivity contribution in [3.63, 3.8) is 0 Å². The highest BCUT2D eigenvalue weighted by Crippen LogP contribution is 2.20. The number of aryl methyl sites for hydroxylation is 1. The molecule has 0 bridgehead atoms. The molecule has 1 aromatic heterocycles. The molecule has 0 aliphatic rings. The van der Waals surface area contributed by atoms with Gasteiger partial charge in [0.2, 0.25) is 0 Å². The van der Waals surface area contributed by atoms with Gasteiger partial charge in [-0.3, -0.25) is 0 Å². The largest absolute Gasteiger partial charge is 0.333 e. The molecule has 0 aromatic carbocycles. The first-order chi connectivity index (χ1) is 7.86. The molecule has 0 radical (unpaired) electrons. The van der Waals surface area contributed by atoms with Crippen molar-refractivity contribution in [1.29, 1.82) is 0 Å². The molecule has 0 atom stereocenters. The summed E-state index contributed by atoms with van der Waals surface area (Å²) in [7, 11) is 1.51. The van der Waals surface area contributed by atoms with Crippen LogP contribution in [0.1, 0.15) is 38.4 Å². The molecule has 94 valence electrons. The molecular formula is C11H15ClN2O2S. The molecule has 0 aliphatic carbocycles. The monoisotopic (exact) mass is 274 g/mol. The molecule has 0 fully saturated rings. The highest BCUT2D eigenvalue weighted by molar-refractivity contribution is 8.13. The summed E-state index contributed by atoms with van der Waals surface area (Å²) in [4.78, 5) is 4.05. The van der Waals surface area contributed by atoms with E-state index in [2.05, 4.69) is 10.9 Å².